The van der Waals surface area contributed by atoms with Crippen LogP contribution in [0, 0.1) is 6.92 Å². The Hall–Kier alpha value is -3.65. The van der Waals surface area contributed by atoms with E-state index in [-0.39, 0.29) is 12.3 Å². The van der Waals surface area contributed by atoms with Crippen LogP contribution in [0.3, 0.4) is 0 Å². The lowest BCUT2D eigenvalue weighted by Crippen LogP contribution is -2.21. The van der Waals surface area contributed by atoms with Gasteiger partial charge in [-0.1, -0.05) is 36.4 Å². The largest absolute Gasteiger partial charge is 0.495 e. The van der Waals surface area contributed by atoms with Gasteiger partial charge in [0.05, 0.1) is 24.6 Å². The summed E-state index contributed by atoms with van der Waals surface area (Å²) in [5.74, 6) is 0.722. The fraction of sp³-hybridized carbons (Fsp3) is 0.136. The van der Waals surface area contributed by atoms with E-state index in [0.29, 0.717) is 27.5 Å². The van der Waals surface area contributed by atoms with Crippen LogP contribution in [-0.4, -0.2) is 28.8 Å². The average Bonchev–Trinajstić information content (AvgIpc) is 3.34. The summed E-state index contributed by atoms with van der Waals surface area (Å²) in [6, 6.07) is 16.3. The van der Waals surface area contributed by atoms with E-state index in [0.717, 1.165) is 11.1 Å². The number of rotatable bonds is 5. The van der Waals surface area contributed by atoms with Crippen molar-refractivity contribution >= 4 is 45.0 Å². The highest BCUT2D eigenvalue weighted by molar-refractivity contribution is 7.17. The molecule has 0 saturated heterocycles. The minimum absolute atomic E-state index is 0.188. The molecule has 2 amide bonds. The van der Waals surface area contributed by atoms with E-state index in [9.17, 15) is 9.59 Å². The number of benzene rings is 2. The van der Waals surface area contributed by atoms with Gasteiger partial charge in [0.1, 0.15) is 10.6 Å². The number of hydrogen-bond acceptors (Lipinski definition) is 5. The molecule has 4 aromatic rings. The van der Waals surface area contributed by atoms with Gasteiger partial charge in [0, 0.05) is 0 Å². The molecule has 0 atom stereocenters. The summed E-state index contributed by atoms with van der Waals surface area (Å²) in [5, 5.41) is 12.6. The molecule has 2 N–H and O–H groups in total. The van der Waals surface area contributed by atoms with Gasteiger partial charge in [-0.25, -0.2) is 4.79 Å². The fourth-order valence-electron chi connectivity index (χ4n) is 3.15. The number of amides is 2. The predicted octanol–water partition coefficient (Wildman–Crippen LogP) is 4.68. The first-order valence-corrected chi connectivity index (χ1v) is 10.2. The summed E-state index contributed by atoms with van der Waals surface area (Å²) in [5.41, 5.74) is 2.54. The Balaban J connectivity index is 1.56. The summed E-state index contributed by atoms with van der Waals surface area (Å²) in [4.78, 5) is 26.1. The molecule has 2 aromatic heterocycles. The summed E-state index contributed by atoms with van der Waals surface area (Å²) in [7, 11) is 1.54. The van der Waals surface area contributed by atoms with E-state index < -0.39 is 6.03 Å². The number of carbonyl (C=O) groups excluding carboxylic acids is 2. The van der Waals surface area contributed by atoms with E-state index in [1.807, 2.05) is 48.7 Å². The van der Waals surface area contributed by atoms with Crippen molar-refractivity contribution in [3.8, 4) is 5.75 Å². The highest BCUT2D eigenvalue weighted by Gasteiger charge is 2.19. The van der Waals surface area contributed by atoms with Crippen molar-refractivity contribution in [1.29, 1.82) is 0 Å². The highest BCUT2D eigenvalue weighted by Crippen LogP contribution is 2.29. The predicted molar refractivity (Wildman–Crippen MR) is 119 cm³/mol. The van der Waals surface area contributed by atoms with E-state index in [4.69, 9.17) is 4.74 Å². The Morgan fingerprint density at radius 3 is 2.63 bits per heavy atom. The standard InChI is InChI=1S/C22H20N4O3S/c1-14-7-3-4-8-15(14)13-19(27)24-20-16-11-12-30-21(16)26(25-20)22(28)23-17-9-5-6-10-18(17)29-2/h3-12H,13H2,1-2H3,(H,23,28)(H,24,25,27). The number of nitrogens with one attached hydrogen (secondary N) is 2. The third kappa shape index (κ3) is 3.90. The first-order valence-electron chi connectivity index (χ1n) is 9.32. The monoisotopic (exact) mass is 420 g/mol. The zero-order valence-corrected chi connectivity index (χ0v) is 17.3. The molecule has 0 aliphatic carbocycles. The maximum Gasteiger partial charge on any atom is 0.348 e. The second-order valence-electron chi connectivity index (χ2n) is 6.68. The zero-order valence-electron chi connectivity index (χ0n) is 16.5. The molecule has 0 bridgehead atoms. The zero-order chi connectivity index (χ0) is 21.1. The normalized spacial score (nSPS) is 10.7. The molecule has 30 heavy (non-hydrogen) atoms. The van der Waals surface area contributed by atoms with Gasteiger partial charge in [-0.15, -0.1) is 16.4 Å². The fourth-order valence-corrected chi connectivity index (χ4v) is 4.00. The van der Waals surface area contributed by atoms with Crippen LogP contribution < -0.4 is 15.4 Å². The summed E-state index contributed by atoms with van der Waals surface area (Å²) < 4.78 is 6.54. The van der Waals surface area contributed by atoms with Crippen molar-refractivity contribution in [2.75, 3.05) is 17.7 Å². The molecule has 2 aromatic carbocycles. The molecule has 0 spiro atoms. The van der Waals surface area contributed by atoms with Gasteiger partial charge >= 0.3 is 6.03 Å². The topological polar surface area (TPSA) is 85.2 Å². The Kier molecular flexibility index (Phi) is 5.49. The quantitative estimate of drug-likeness (QED) is 0.491. The molecule has 2 heterocycles. The number of ether oxygens (including phenoxy) is 1. The first-order chi connectivity index (χ1) is 14.6. The number of fused-ring (bicyclic) bond motifs is 1. The van der Waals surface area contributed by atoms with Gasteiger partial charge in [0.2, 0.25) is 5.91 Å². The molecule has 152 valence electrons. The Morgan fingerprint density at radius 2 is 1.83 bits per heavy atom. The number of para-hydroxylation sites is 2. The van der Waals surface area contributed by atoms with Gasteiger partial charge in [-0.05, 0) is 41.6 Å². The Labute approximate surface area is 177 Å². The van der Waals surface area contributed by atoms with Crippen molar-refractivity contribution < 1.29 is 14.3 Å². The number of aromatic nitrogens is 2. The molecule has 8 heteroatoms. The minimum Gasteiger partial charge on any atom is -0.495 e. The Bertz CT molecular complexity index is 1230. The third-order valence-corrected chi connectivity index (χ3v) is 5.59. The first kappa shape index (κ1) is 19.7. The van der Waals surface area contributed by atoms with E-state index in [1.54, 1.807) is 25.3 Å². The van der Waals surface area contributed by atoms with Crippen LogP contribution in [0.15, 0.2) is 60.0 Å². The van der Waals surface area contributed by atoms with Crippen LogP contribution in [0.2, 0.25) is 0 Å². The second kappa shape index (κ2) is 8.38. The lowest BCUT2D eigenvalue weighted by Gasteiger charge is -2.09. The van der Waals surface area contributed by atoms with E-state index in [2.05, 4.69) is 15.7 Å². The SMILES string of the molecule is COc1ccccc1NC(=O)n1nc(NC(=O)Cc2ccccc2C)c2ccsc21. The van der Waals surface area contributed by atoms with Crippen LogP contribution in [0.4, 0.5) is 16.3 Å². The van der Waals surface area contributed by atoms with Crippen LogP contribution in [-0.2, 0) is 11.2 Å². The molecule has 0 radical (unpaired) electrons. The van der Waals surface area contributed by atoms with Gasteiger partial charge in [-0.2, -0.15) is 4.68 Å². The van der Waals surface area contributed by atoms with Gasteiger partial charge < -0.3 is 15.4 Å². The van der Waals surface area contributed by atoms with Crippen molar-refractivity contribution in [1.82, 2.24) is 9.78 Å². The molecule has 0 aliphatic heterocycles. The lowest BCUT2D eigenvalue weighted by atomic mass is 10.1. The number of thiophene rings is 1. The van der Waals surface area contributed by atoms with Gasteiger partial charge in [0.15, 0.2) is 5.82 Å². The van der Waals surface area contributed by atoms with Crippen molar-refractivity contribution in [2.45, 2.75) is 13.3 Å². The Morgan fingerprint density at radius 1 is 1.07 bits per heavy atom. The number of aryl methyl sites for hydroxylation is 1. The van der Waals surface area contributed by atoms with Crippen LogP contribution in [0.1, 0.15) is 11.1 Å². The number of hydrogen-bond donors (Lipinski definition) is 2. The van der Waals surface area contributed by atoms with Crippen LogP contribution >= 0.6 is 11.3 Å². The summed E-state index contributed by atoms with van der Waals surface area (Å²) in [6.07, 6.45) is 0.235. The highest BCUT2D eigenvalue weighted by atomic mass is 32.1. The van der Waals surface area contributed by atoms with Crippen LogP contribution in [0.25, 0.3) is 10.2 Å². The molecule has 0 fully saturated rings. The van der Waals surface area contributed by atoms with Gasteiger partial charge in [-0.3, -0.25) is 4.79 Å². The summed E-state index contributed by atoms with van der Waals surface area (Å²) in [6.45, 7) is 1.97. The molecule has 7 nitrogen and oxygen atoms in total. The number of nitrogens with zero attached hydrogens (tertiary/aromatic N) is 2. The molecule has 0 unspecified atom stereocenters. The molecule has 0 saturated carbocycles. The van der Waals surface area contributed by atoms with E-state index >= 15 is 0 Å². The third-order valence-electron chi connectivity index (χ3n) is 4.70. The van der Waals surface area contributed by atoms with E-state index in [1.165, 1.54) is 16.0 Å². The number of anilines is 2. The average molecular weight is 420 g/mol. The lowest BCUT2D eigenvalue weighted by molar-refractivity contribution is -0.115. The summed E-state index contributed by atoms with van der Waals surface area (Å²) >= 11 is 1.37. The minimum atomic E-state index is -0.439. The van der Waals surface area contributed by atoms with Crippen molar-refractivity contribution in [2.24, 2.45) is 0 Å². The smallest absolute Gasteiger partial charge is 0.348 e. The number of carbonyl (C=O) groups is 2. The molecule has 0 aliphatic rings. The maximum absolute atomic E-state index is 12.9. The van der Waals surface area contributed by atoms with Crippen molar-refractivity contribution in [3.05, 3.63) is 71.1 Å². The van der Waals surface area contributed by atoms with Crippen molar-refractivity contribution in [3.63, 3.8) is 0 Å². The second-order valence-corrected chi connectivity index (χ2v) is 7.58. The van der Waals surface area contributed by atoms with Crippen LogP contribution in [0.5, 0.6) is 5.75 Å². The molecular weight excluding hydrogens is 400 g/mol. The molecular formula is C22H20N4O3S. The maximum atomic E-state index is 12.9. The van der Waals surface area contributed by atoms with Gasteiger partial charge in [0.25, 0.3) is 0 Å². The molecule has 4 rings (SSSR count). The number of methoxy groups -OCH3 is 1.